The number of nitrogens with zero attached hydrogens (tertiary/aromatic N) is 2. The Labute approximate surface area is 137 Å². The van der Waals surface area contributed by atoms with Crippen molar-refractivity contribution < 1.29 is 9.57 Å². The summed E-state index contributed by atoms with van der Waals surface area (Å²) in [6, 6.07) is 6.09. The molecular formula is C16H27N5O2. The number of nitrogens with two attached hydrogens (primary N) is 2. The smallest absolute Gasteiger partial charge is 0.221 e. The van der Waals surface area contributed by atoms with Gasteiger partial charge in [0.1, 0.15) is 5.75 Å². The fourth-order valence-electron chi connectivity index (χ4n) is 1.69. The highest BCUT2D eigenvalue weighted by molar-refractivity contribution is 5.92. The average molecular weight is 321 g/mol. The molecule has 1 rings (SSSR count). The molecule has 0 aliphatic carbocycles. The van der Waals surface area contributed by atoms with Crippen LogP contribution in [-0.4, -0.2) is 31.2 Å². The lowest BCUT2D eigenvalue weighted by Gasteiger charge is -2.09. The Bertz CT molecular complexity index is 555. The number of guanidine groups is 2. The van der Waals surface area contributed by atoms with E-state index < -0.39 is 0 Å². The molecule has 0 aromatic heterocycles. The first-order valence-electron chi connectivity index (χ1n) is 7.63. The van der Waals surface area contributed by atoms with Crippen LogP contribution in [0.2, 0.25) is 0 Å². The molecule has 0 radical (unpaired) electrons. The molecule has 23 heavy (non-hydrogen) atoms. The third-order valence-corrected chi connectivity index (χ3v) is 2.94. The van der Waals surface area contributed by atoms with E-state index in [1.165, 1.54) is 11.1 Å². The largest absolute Gasteiger partial charge is 0.493 e. The summed E-state index contributed by atoms with van der Waals surface area (Å²) in [5.74, 6) is 1.05. The van der Waals surface area contributed by atoms with Gasteiger partial charge >= 0.3 is 0 Å². The van der Waals surface area contributed by atoms with E-state index in [1.807, 2.05) is 32.0 Å². The van der Waals surface area contributed by atoms with Crippen LogP contribution in [0.1, 0.15) is 31.4 Å². The van der Waals surface area contributed by atoms with E-state index in [9.17, 15) is 0 Å². The molecule has 0 atom stereocenters. The van der Waals surface area contributed by atoms with Gasteiger partial charge in [-0.05, 0) is 51.0 Å². The number of benzene rings is 1. The second-order valence-corrected chi connectivity index (χ2v) is 5.48. The van der Waals surface area contributed by atoms with Crippen molar-refractivity contribution in [1.29, 1.82) is 0 Å². The zero-order valence-corrected chi connectivity index (χ0v) is 14.3. The zero-order valence-electron chi connectivity index (χ0n) is 14.3. The van der Waals surface area contributed by atoms with Crippen molar-refractivity contribution >= 4 is 11.9 Å². The standard InChI is InChI=1S/C16H27N5O2/c1-11(2)19-15(17)20-16(18)21-23-9-5-8-22-14-7-6-12(3)13(4)10-14/h6-7,10-11H,5,8-9H2,1-4H3,(H5,17,18,19,20,21). The number of hydrogen-bond donors (Lipinski definition) is 3. The summed E-state index contributed by atoms with van der Waals surface area (Å²) in [5.41, 5.74) is 16.2. The van der Waals surface area contributed by atoms with Crippen LogP contribution in [0.4, 0.5) is 0 Å². The zero-order chi connectivity index (χ0) is 17.2. The van der Waals surface area contributed by atoms with Crippen LogP contribution in [0.15, 0.2) is 28.2 Å². The molecule has 0 aliphatic heterocycles. The number of rotatable bonds is 7. The van der Waals surface area contributed by atoms with E-state index in [4.69, 9.17) is 21.0 Å². The van der Waals surface area contributed by atoms with Crippen LogP contribution in [0.3, 0.4) is 0 Å². The van der Waals surface area contributed by atoms with Crippen molar-refractivity contribution in [3.8, 4) is 5.75 Å². The van der Waals surface area contributed by atoms with E-state index in [0.29, 0.717) is 19.6 Å². The predicted molar refractivity (Wildman–Crippen MR) is 93.5 cm³/mol. The van der Waals surface area contributed by atoms with Crippen molar-refractivity contribution in [2.24, 2.45) is 21.5 Å². The van der Waals surface area contributed by atoms with Crippen LogP contribution in [-0.2, 0) is 4.84 Å². The van der Waals surface area contributed by atoms with Gasteiger partial charge in [-0.3, -0.25) is 4.84 Å². The minimum atomic E-state index is 0.0648. The average Bonchev–Trinajstić information content (AvgIpc) is 2.45. The van der Waals surface area contributed by atoms with Crippen LogP contribution in [0, 0.1) is 13.8 Å². The number of nitrogens with one attached hydrogen (secondary N) is 1. The van der Waals surface area contributed by atoms with Crippen molar-refractivity contribution in [1.82, 2.24) is 5.48 Å². The maximum absolute atomic E-state index is 5.65. The van der Waals surface area contributed by atoms with Gasteiger partial charge in [0, 0.05) is 12.5 Å². The van der Waals surface area contributed by atoms with Crippen LogP contribution in [0.25, 0.3) is 0 Å². The van der Waals surface area contributed by atoms with Crippen LogP contribution < -0.4 is 21.7 Å². The molecule has 1 aromatic rings. The van der Waals surface area contributed by atoms with Gasteiger partial charge in [0.2, 0.25) is 11.9 Å². The summed E-state index contributed by atoms with van der Waals surface area (Å²) in [6.45, 7) is 8.92. The van der Waals surface area contributed by atoms with E-state index in [0.717, 1.165) is 5.75 Å². The normalized spacial score (nSPS) is 12.6. The number of aryl methyl sites for hydroxylation is 2. The molecule has 0 saturated heterocycles. The minimum Gasteiger partial charge on any atom is -0.493 e. The predicted octanol–water partition coefficient (Wildman–Crippen LogP) is 1.63. The number of hydrogen-bond acceptors (Lipinski definition) is 3. The maximum Gasteiger partial charge on any atom is 0.221 e. The third kappa shape index (κ3) is 8.06. The first kappa shape index (κ1) is 18.8. The second-order valence-electron chi connectivity index (χ2n) is 5.48. The fourth-order valence-corrected chi connectivity index (χ4v) is 1.69. The Morgan fingerprint density at radius 1 is 1.17 bits per heavy atom. The van der Waals surface area contributed by atoms with E-state index in [1.54, 1.807) is 0 Å². The highest BCUT2D eigenvalue weighted by Crippen LogP contribution is 2.16. The van der Waals surface area contributed by atoms with Crippen LogP contribution in [0.5, 0.6) is 5.75 Å². The molecule has 0 spiro atoms. The van der Waals surface area contributed by atoms with Crippen molar-refractivity contribution in [2.45, 2.75) is 40.2 Å². The Morgan fingerprint density at radius 2 is 1.91 bits per heavy atom. The van der Waals surface area contributed by atoms with Gasteiger partial charge in [0.25, 0.3) is 0 Å². The quantitative estimate of drug-likeness (QED) is 0.306. The molecule has 128 valence electrons. The van der Waals surface area contributed by atoms with Gasteiger partial charge < -0.3 is 16.2 Å². The molecule has 0 fully saturated rings. The molecule has 7 nitrogen and oxygen atoms in total. The molecule has 5 N–H and O–H groups in total. The summed E-state index contributed by atoms with van der Waals surface area (Å²) in [6.07, 6.45) is 0.711. The Morgan fingerprint density at radius 3 is 2.57 bits per heavy atom. The van der Waals surface area contributed by atoms with Crippen molar-refractivity contribution in [3.05, 3.63) is 29.3 Å². The summed E-state index contributed by atoms with van der Waals surface area (Å²) in [5, 5.41) is 0. The molecule has 0 heterocycles. The lowest BCUT2D eigenvalue weighted by molar-refractivity contribution is 0.0739. The molecule has 0 saturated carbocycles. The SMILES string of the molecule is Cc1ccc(OCCCONC(N)=NC(N)=NC(C)C)cc1C. The monoisotopic (exact) mass is 321 g/mol. The first-order valence-corrected chi connectivity index (χ1v) is 7.63. The lowest BCUT2D eigenvalue weighted by Crippen LogP contribution is -2.34. The summed E-state index contributed by atoms with van der Waals surface area (Å²) < 4.78 is 5.65. The third-order valence-electron chi connectivity index (χ3n) is 2.94. The first-order chi connectivity index (χ1) is 10.9. The number of ether oxygens (including phenoxy) is 1. The molecule has 1 aromatic carbocycles. The molecular weight excluding hydrogens is 294 g/mol. The summed E-state index contributed by atoms with van der Waals surface area (Å²) in [7, 11) is 0. The van der Waals surface area contributed by atoms with Gasteiger partial charge in [-0.25, -0.2) is 10.5 Å². The Balaban J connectivity index is 2.20. The molecule has 0 amide bonds. The summed E-state index contributed by atoms with van der Waals surface area (Å²) in [4.78, 5) is 13.1. The van der Waals surface area contributed by atoms with Crippen molar-refractivity contribution in [3.63, 3.8) is 0 Å². The Hall–Kier alpha value is -2.28. The molecule has 0 unspecified atom stereocenters. The van der Waals surface area contributed by atoms with Gasteiger partial charge in [-0.2, -0.15) is 4.99 Å². The van der Waals surface area contributed by atoms with E-state index in [-0.39, 0.29) is 18.0 Å². The summed E-state index contributed by atoms with van der Waals surface area (Å²) >= 11 is 0. The lowest BCUT2D eigenvalue weighted by atomic mass is 10.1. The van der Waals surface area contributed by atoms with Gasteiger partial charge in [0.15, 0.2) is 0 Å². The van der Waals surface area contributed by atoms with E-state index >= 15 is 0 Å². The second kappa shape index (κ2) is 9.68. The van der Waals surface area contributed by atoms with Crippen molar-refractivity contribution in [2.75, 3.05) is 13.2 Å². The maximum atomic E-state index is 5.65. The highest BCUT2D eigenvalue weighted by Gasteiger charge is 1.99. The topological polar surface area (TPSA) is 107 Å². The highest BCUT2D eigenvalue weighted by atomic mass is 16.6. The van der Waals surface area contributed by atoms with Gasteiger partial charge in [-0.1, -0.05) is 6.07 Å². The van der Waals surface area contributed by atoms with Gasteiger partial charge in [-0.15, -0.1) is 0 Å². The Kier molecular flexibility index (Phi) is 7.90. The van der Waals surface area contributed by atoms with Crippen LogP contribution >= 0.6 is 0 Å². The molecule has 0 aliphatic rings. The van der Waals surface area contributed by atoms with E-state index in [2.05, 4.69) is 29.3 Å². The van der Waals surface area contributed by atoms with Gasteiger partial charge in [0.05, 0.1) is 13.2 Å². The molecule has 0 bridgehead atoms. The minimum absolute atomic E-state index is 0.0648. The molecule has 7 heteroatoms. The number of aliphatic imine (C=N–C) groups is 2. The fraction of sp³-hybridized carbons (Fsp3) is 0.500. The number of hydroxylamine groups is 1.